The summed E-state index contributed by atoms with van der Waals surface area (Å²) in [6.45, 7) is 0.563. The second kappa shape index (κ2) is 7.91. The van der Waals surface area contributed by atoms with E-state index in [2.05, 4.69) is 6.07 Å². The van der Waals surface area contributed by atoms with Gasteiger partial charge in [0.1, 0.15) is 5.75 Å². The molecule has 0 saturated heterocycles. The third-order valence-corrected chi connectivity index (χ3v) is 2.23. The van der Waals surface area contributed by atoms with Crippen molar-refractivity contribution in [3.05, 3.63) is 35.9 Å². The van der Waals surface area contributed by atoms with Gasteiger partial charge in [0.2, 0.25) is 0 Å². The molecule has 1 aromatic rings. The number of rotatable bonds is 7. The number of benzene rings is 1. The van der Waals surface area contributed by atoms with Gasteiger partial charge in [0.25, 0.3) is 0 Å². The van der Waals surface area contributed by atoms with Gasteiger partial charge in [0.05, 0.1) is 12.7 Å². The summed E-state index contributed by atoms with van der Waals surface area (Å²) in [4.78, 5) is 10.4. The number of nitrogens with zero attached hydrogens (tertiary/aromatic N) is 1. The van der Waals surface area contributed by atoms with E-state index in [4.69, 9.17) is 15.1 Å². The molecular formula is C14H15NO3. The van der Waals surface area contributed by atoms with Crippen LogP contribution in [0.1, 0.15) is 24.8 Å². The van der Waals surface area contributed by atoms with Gasteiger partial charge in [-0.3, -0.25) is 0 Å². The Labute approximate surface area is 106 Å². The number of aliphatic carboxylic acids is 1. The van der Waals surface area contributed by atoms with E-state index in [1.165, 1.54) is 6.08 Å². The number of nitriles is 1. The zero-order chi connectivity index (χ0) is 13.2. The van der Waals surface area contributed by atoms with Crippen LogP contribution in [0.5, 0.6) is 5.75 Å². The monoisotopic (exact) mass is 245 g/mol. The normalized spacial score (nSPS) is 10.2. The second-order valence-electron chi connectivity index (χ2n) is 3.71. The van der Waals surface area contributed by atoms with Crippen LogP contribution in [0.2, 0.25) is 0 Å². The van der Waals surface area contributed by atoms with E-state index in [-0.39, 0.29) is 0 Å². The van der Waals surface area contributed by atoms with Gasteiger partial charge in [0.15, 0.2) is 0 Å². The van der Waals surface area contributed by atoms with E-state index >= 15 is 0 Å². The SMILES string of the molecule is N#CCCCCOc1cccc(/C=C/C(=O)O)c1. The Morgan fingerprint density at radius 1 is 1.44 bits per heavy atom. The molecule has 0 unspecified atom stereocenters. The molecule has 94 valence electrons. The Morgan fingerprint density at radius 3 is 3.00 bits per heavy atom. The zero-order valence-corrected chi connectivity index (χ0v) is 10.0. The van der Waals surface area contributed by atoms with Crippen LogP contribution in [-0.2, 0) is 4.79 Å². The Kier molecular flexibility index (Phi) is 6.05. The molecule has 0 saturated carbocycles. The topological polar surface area (TPSA) is 70.3 Å². The third-order valence-electron chi connectivity index (χ3n) is 2.23. The quantitative estimate of drug-likeness (QED) is 0.592. The largest absolute Gasteiger partial charge is 0.494 e. The minimum atomic E-state index is -0.974. The van der Waals surface area contributed by atoms with Gasteiger partial charge in [0, 0.05) is 12.5 Å². The minimum Gasteiger partial charge on any atom is -0.494 e. The molecule has 0 aromatic heterocycles. The second-order valence-corrected chi connectivity index (χ2v) is 3.71. The van der Waals surface area contributed by atoms with Crippen LogP contribution in [0.4, 0.5) is 0 Å². The molecule has 4 heteroatoms. The lowest BCUT2D eigenvalue weighted by Crippen LogP contribution is -1.97. The van der Waals surface area contributed by atoms with Crippen molar-refractivity contribution >= 4 is 12.0 Å². The number of carboxylic acids is 1. The van der Waals surface area contributed by atoms with Crippen LogP contribution in [0.3, 0.4) is 0 Å². The Balaban J connectivity index is 2.45. The molecule has 0 heterocycles. The molecule has 1 rings (SSSR count). The number of carbonyl (C=O) groups is 1. The summed E-state index contributed by atoms with van der Waals surface area (Å²) >= 11 is 0. The van der Waals surface area contributed by atoms with E-state index in [1.807, 2.05) is 18.2 Å². The van der Waals surface area contributed by atoms with Crippen molar-refractivity contribution in [2.45, 2.75) is 19.3 Å². The van der Waals surface area contributed by atoms with Gasteiger partial charge in [-0.15, -0.1) is 0 Å². The smallest absolute Gasteiger partial charge is 0.328 e. The van der Waals surface area contributed by atoms with Crippen LogP contribution in [0.25, 0.3) is 6.08 Å². The van der Waals surface area contributed by atoms with Gasteiger partial charge in [-0.2, -0.15) is 5.26 Å². The molecule has 18 heavy (non-hydrogen) atoms. The van der Waals surface area contributed by atoms with E-state index < -0.39 is 5.97 Å². The third kappa shape index (κ3) is 5.71. The molecule has 0 bridgehead atoms. The van der Waals surface area contributed by atoms with Crippen LogP contribution >= 0.6 is 0 Å². The van der Waals surface area contributed by atoms with Gasteiger partial charge < -0.3 is 9.84 Å². The average molecular weight is 245 g/mol. The minimum absolute atomic E-state index is 0.546. The van der Waals surface area contributed by atoms with Gasteiger partial charge in [-0.25, -0.2) is 4.79 Å². The maximum absolute atomic E-state index is 10.4. The highest BCUT2D eigenvalue weighted by atomic mass is 16.5. The lowest BCUT2D eigenvalue weighted by atomic mass is 10.2. The van der Waals surface area contributed by atoms with Crippen molar-refractivity contribution in [1.29, 1.82) is 5.26 Å². The fourth-order valence-corrected chi connectivity index (χ4v) is 1.37. The van der Waals surface area contributed by atoms with Crippen LogP contribution in [0.15, 0.2) is 30.3 Å². The lowest BCUT2D eigenvalue weighted by molar-refractivity contribution is -0.131. The lowest BCUT2D eigenvalue weighted by Gasteiger charge is -2.05. The number of unbranched alkanes of at least 4 members (excludes halogenated alkanes) is 2. The van der Waals surface area contributed by atoms with Crippen molar-refractivity contribution in [3.8, 4) is 11.8 Å². The van der Waals surface area contributed by atoms with Gasteiger partial charge >= 0.3 is 5.97 Å². The van der Waals surface area contributed by atoms with E-state index in [0.717, 1.165) is 24.5 Å². The van der Waals surface area contributed by atoms with Gasteiger partial charge in [-0.05, 0) is 36.6 Å². The van der Waals surface area contributed by atoms with E-state index in [1.54, 1.807) is 6.07 Å². The fraction of sp³-hybridized carbons (Fsp3) is 0.286. The molecule has 1 N–H and O–H groups in total. The van der Waals surface area contributed by atoms with Crippen molar-refractivity contribution in [3.63, 3.8) is 0 Å². The highest BCUT2D eigenvalue weighted by molar-refractivity contribution is 5.85. The zero-order valence-electron chi connectivity index (χ0n) is 10.0. The summed E-state index contributed by atoms with van der Waals surface area (Å²) in [5.74, 6) is -0.266. The first kappa shape index (κ1) is 13.8. The molecule has 1 aromatic carbocycles. The van der Waals surface area contributed by atoms with Crippen LogP contribution < -0.4 is 4.74 Å². The molecule has 0 aliphatic heterocycles. The molecule has 0 fully saturated rings. The highest BCUT2D eigenvalue weighted by Gasteiger charge is 1.96. The van der Waals surface area contributed by atoms with Crippen LogP contribution in [0, 0.1) is 11.3 Å². The molecule has 0 atom stereocenters. The first-order valence-electron chi connectivity index (χ1n) is 5.73. The highest BCUT2D eigenvalue weighted by Crippen LogP contribution is 2.15. The number of ether oxygens (including phenoxy) is 1. The maximum atomic E-state index is 10.4. The van der Waals surface area contributed by atoms with Crippen molar-refractivity contribution in [1.82, 2.24) is 0 Å². The molecular weight excluding hydrogens is 230 g/mol. The molecule has 0 spiro atoms. The van der Waals surface area contributed by atoms with Crippen LogP contribution in [-0.4, -0.2) is 17.7 Å². The molecule has 0 aliphatic carbocycles. The Morgan fingerprint density at radius 2 is 2.28 bits per heavy atom. The summed E-state index contributed by atoms with van der Waals surface area (Å²) in [5.41, 5.74) is 0.784. The Bertz CT molecular complexity index is 460. The molecule has 0 radical (unpaired) electrons. The van der Waals surface area contributed by atoms with E-state index in [0.29, 0.717) is 18.8 Å². The summed E-state index contributed by atoms with van der Waals surface area (Å²) in [7, 11) is 0. The molecule has 0 aliphatic rings. The first-order chi connectivity index (χ1) is 8.72. The van der Waals surface area contributed by atoms with E-state index in [9.17, 15) is 4.79 Å². The Hall–Kier alpha value is -2.28. The summed E-state index contributed by atoms with van der Waals surface area (Å²) < 4.78 is 5.51. The fourth-order valence-electron chi connectivity index (χ4n) is 1.37. The van der Waals surface area contributed by atoms with Crippen molar-refractivity contribution in [2.24, 2.45) is 0 Å². The predicted octanol–water partition coefficient (Wildman–Crippen LogP) is 2.86. The molecule has 4 nitrogen and oxygen atoms in total. The summed E-state index contributed by atoms with van der Waals surface area (Å²) in [5, 5.41) is 16.9. The average Bonchev–Trinajstić information content (AvgIpc) is 2.37. The summed E-state index contributed by atoms with van der Waals surface area (Å²) in [6.07, 6.45) is 4.82. The number of hydrogen-bond acceptors (Lipinski definition) is 3. The summed E-state index contributed by atoms with van der Waals surface area (Å²) in [6, 6.07) is 9.30. The van der Waals surface area contributed by atoms with Gasteiger partial charge in [-0.1, -0.05) is 12.1 Å². The predicted molar refractivity (Wildman–Crippen MR) is 68.1 cm³/mol. The maximum Gasteiger partial charge on any atom is 0.328 e. The standard InChI is InChI=1S/C14H15NO3/c15-9-2-1-3-10-18-13-6-4-5-12(11-13)7-8-14(16)17/h4-8,11H,1-3,10H2,(H,16,17)/b8-7+. The first-order valence-corrected chi connectivity index (χ1v) is 5.73. The number of carboxylic acid groups (broad SMARTS) is 1. The number of hydrogen-bond donors (Lipinski definition) is 1. The van der Waals surface area contributed by atoms with Crippen molar-refractivity contribution in [2.75, 3.05) is 6.61 Å². The molecule has 0 amide bonds. The van der Waals surface area contributed by atoms with Crippen molar-refractivity contribution < 1.29 is 14.6 Å².